The van der Waals surface area contributed by atoms with Crippen molar-refractivity contribution in [3.8, 4) is 0 Å². The van der Waals surface area contributed by atoms with Gasteiger partial charge in [0.05, 0.1) is 5.69 Å². The Morgan fingerprint density at radius 1 is 1.03 bits per heavy atom. The van der Waals surface area contributed by atoms with Crippen LogP contribution in [0, 0.1) is 6.92 Å². The second kappa shape index (κ2) is 13.1. The molecule has 8 heteroatoms. The van der Waals surface area contributed by atoms with E-state index in [1.165, 1.54) is 4.31 Å². The van der Waals surface area contributed by atoms with Crippen LogP contribution in [-0.4, -0.2) is 51.3 Å². The third kappa shape index (κ3) is 7.28. The number of anilines is 1. The molecule has 0 heterocycles. The van der Waals surface area contributed by atoms with Crippen LogP contribution < -0.4 is 9.62 Å². The van der Waals surface area contributed by atoms with Crippen molar-refractivity contribution in [2.45, 2.75) is 63.1 Å². The maximum absolute atomic E-state index is 13.8. The first-order chi connectivity index (χ1) is 18.7. The van der Waals surface area contributed by atoms with Crippen LogP contribution in [0.1, 0.15) is 42.4 Å². The van der Waals surface area contributed by atoms with Gasteiger partial charge in [0.2, 0.25) is 5.91 Å². The van der Waals surface area contributed by atoms with Crippen molar-refractivity contribution >= 4 is 34.5 Å². The van der Waals surface area contributed by atoms with Crippen LogP contribution in [0.3, 0.4) is 0 Å². The van der Waals surface area contributed by atoms with Gasteiger partial charge in [0, 0.05) is 23.0 Å². The topological polar surface area (TPSA) is 72.9 Å². The highest BCUT2D eigenvalue weighted by molar-refractivity contribution is 7.80. The lowest BCUT2D eigenvalue weighted by Crippen LogP contribution is -2.55. The third-order valence-electron chi connectivity index (χ3n) is 8.00. The van der Waals surface area contributed by atoms with E-state index in [0.717, 1.165) is 53.8 Å². The van der Waals surface area contributed by atoms with E-state index >= 15 is 0 Å². The van der Waals surface area contributed by atoms with Crippen LogP contribution in [-0.2, 0) is 28.9 Å². The number of hydrogen-bond acceptors (Lipinski definition) is 3. The van der Waals surface area contributed by atoms with Crippen LogP contribution in [0.5, 0.6) is 0 Å². The molecule has 39 heavy (non-hydrogen) atoms. The molecule has 1 fully saturated rings. The van der Waals surface area contributed by atoms with Crippen LogP contribution in [0.25, 0.3) is 0 Å². The Morgan fingerprint density at radius 3 is 2.23 bits per heavy atom. The van der Waals surface area contributed by atoms with Gasteiger partial charge in [-0.3, -0.25) is 13.7 Å². The Bertz CT molecular complexity index is 1260. The molecule has 2 N–H and O–H groups in total. The molecular formula is C31H38ClN3O3S. The summed E-state index contributed by atoms with van der Waals surface area (Å²) in [5.74, 6) is -0.240. The summed E-state index contributed by atoms with van der Waals surface area (Å²) in [5, 5.41) is 4.02. The molecule has 0 saturated heterocycles. The molecule has 1 amide bonds. The number of likely N-dealkylation sites (N-methyl/N-ethyl adjacent to an activating group) is 1. The van der Waals surface area contributed by atoms with Gasteiger partial charge in [0.1, 0.15) is 6.04 Å². The number of carbonyl (C=O) groups excluding carboxylic acids is 1. The molecule has 4 rings (SSSR count). The Hall–Kier alpha value is -2.71. The van der Waals surface area contributed by atoms with Crippen LogP contribution in [0.15, 0.2) is 78.9 Å². The summed E-state index contributed by atoms with van der Waals surface area (Å²) in [5.41, 5.74) is 3.59. The second-order valence-electron chi connectivity index (χ2n) is 10.8. The molecule has 0 spiro atoms. The number of amides is 1. The van der Waals surface area contributed by atoms with E-state index in [4.69, 9.17) is 11.6 Å². The lowest BCUT2D eigenvalue weighted by Gasteiger charge is -2.46. The van der Waals surface area contributed by atoms with E-state index in [2.05, 4.69) is 30.4 Å². The van der Waals surface area contributed by atoms with Crippen LogP contribution in [0.2, 0.25) is 5.02 Å². The first-order valence-electron chi connectivity index (χ1n) is 13.4. The first-order valence-corrected chi connectivity index (χ1v) is 14.8. The number of carbonyl (C=O) groups is 1. The smallest absolute Gasteiger partial charge is 0.262 e. The minimum atomic E-state index is -2.38. The van der Waals surface area contributed by atoms with E-state index in [9.17, 15) is 13.6 Å². The molecule has 208 valence electrons. The zero-order chi connectivity index (χ0) is 28.0. The maximum atomic E-state index is 13.8. The number of hydrogen-bond donors (Lipinski definition) is 2. The van der Waals surface area contributed by atoms with Gasteiger partial charge < -0.3 is 10.2 Å². The summed E-state index contributed by atoms with van der Waals surface area (Å²) in [6.45, 7) is 1.96. The SMILES string of the molecule is Cc1ccc(N(C(Cc2ccccc2)C(=O)NC2CCC(Cc3ccccc3Cl)(N(C)C)CC2)S(=O)O)cc1. The van der Waals surface area contributed by atoms with E-state index in [-0.39, 0.29) is 17.5 Å². The van der Waals surface area contributed by atoms with Crippen molar-refractivity contribution < 1.29 is 13.6 Å². The van der Waals surface area contributed by atoms with Crippen molar-refractivity contribution in [2.75, 3.05) is 18.4 Å². The summed E-state index contributed by atoms with van der Waals surface area (Å²) < 4.78 is 24.3. The number of nitrogens with one attached hydrogen (secondary N) is 1. The molecule has 3 aromatic rings. The fourth-order valence-corrected chi connectivity index (χ4v) is 6.46. The molecular weight excluding hydrogens is 530 g/mol. The molecule has 0 radical (unpaired) electrons. The van der Waals surface area contributed by atoms with Gasteiger partial charge in [-0.1, -0.05) is 77.8 Å². The lowest BCUT2D eigenvalue weighted by molar-refractivity contribution is -0.123. The van der Waals surface area contributed by atoms with Gasteiger partial charge >= 0.3 is 0 Å². The van der Waals surface area contributed by atoms with Crippen molar-refractivity contribution in [1.82, 2.24) is 10.2 Å². The molecule has 3 aromatic carbocycles. The van der Waals surface area contributed by atoms with Gasteiger partial charge in [0.25, 0.3) is 11.3 Å². The summed E-state index contributed by atoms with van der Waals surface area (Å²) in [4.78, 5) is 16.1. The lowest BCUT2D eigenvalue weighted by atomic mass is 9.74. The average molecular weight is 568 g/mol. The van der Waals surface area contributed by atoms with Gasteiger partial charge in [-0.15, -0.1) is 0 Å². The van der Waals surface area contributed by atoms with Gasteiger partial charge in [-0.2, -0.15) is 0 Å². The first kappa shape index (κ1) is 29.3. The maximum Gasteiger partial charge on any atom is 0.262 e. The number of halogens is 1. The Morgan fingerprint density at radius 2 is 1.64 bits per heavy atom. The highest BCUT2D eigenvalue weighted by atomic mass is 35.5. The van der Waals surface area contributed by atoms with E-state index in [1.807, 2.05) is 67.6 Å². The summed E-state index contributed by atoms with van der Waals surface area (Å²) in [7, 11) is 4.23. The predicted octanol–water partition coefficient (Wildman–Crippen LogP) is 5.80. The van der Waals surface area contributed by atoms with E-state index in [0.29, 0.717) is 12.1 Å². The third-order valence-corrected chi connectivity index (χ3v) is 9.17. The van der Waals surface area contributed by atoms with Crippen LogP contribution >= 0.6 is 11.6 Å². The quantitative estimate of drug-likeness (QED) is 0.303. The Labute approximate surface area is 239 Å². The fourth-order valence-electron chi connectivity index (χ4n) is 5.57. The molecule has 1 aliphatic carbocycles. The summed E-state index contributed by atoms with van der Waals surface area (Å²) >= 11 is 4.12. The Balaban J connectivity index is 1.52. The van der Waals surface area contributed by atoms with Gasteiger partial charge in [-0.05, 0) is 82.4 Å². The highest BCUT2D eigenvalue weighted by Gasteiger charge is 2.39. The minimum absolute atomic E-state index is 0.0120. The van der Waals surface area contributed by atoms with Crippen molar-refractivity contribution in [1.29, 1.82) is 0 Å². The number of aryl methyl sites for hydroxylation is 1. The summed E-state index contributed by atoms with van der Waals surface area (Å²) in [6.07, 6.45) is 4.62. The monoisotopic (exact) mass is 567 g/mol. The number of rotatable bonds is 10. The van der Waals surface area contributed by atoms with Crippen molar-refractivity contribution in [3.05, 3.63) is 101 Å². The largest absolute Gasteiger partial charge is 0.352 e. The Kier molecular flexibility index (Phi) is 9.83. The number of benzene rings is 3. The molecule has 2 unspecified atom stereocenters. The predicted molar refractivity (Wildman–Crippen MR) is 160 cm³/mol. The van der Waals surface area contributed by atoms with Crippen LogP contribution in [0.4, 0.5) is 5.69 Å². The molecule has 1 aliphatic rings. The highest BCUT2D eigenvalue weighted by Crippen LogP contribution is 2.37. The molecule has 0 aromatic heterocycles. The normalized spacial score (nSPS) is 20.8. The average Bonchev–Trinajstić information content (AvgIpc) is 2.92. The molecule has 6 nitrogen and oxygen atoms in total. The molecule has 2 atom stereocenters. The standard InChI is InChI=1S/C31H38ClN3O3S/c1-23-13-15-27(16-14-23)35(39(37)38)29(21-24-9-5-4-6-10-24)30(36)33-26-17-19-31(20-18-26,34(2)3)22-25-11-7-8-12-28(25)32/h4-16,26,29H,17-22H2,1-3H3,(H,33,36)(H,37,38). The molecule has 1 saturated carbocycles. The molecule has 0 aliphatic heterocycles. The fraction of sp³-hybridized carbons (Fsp3) is 0.387. The minimum Gasteiger partial charge on any atom is -0.352 e. The second-order valence-corrected chi connectivity index (χ2v) is 12.0. The van der Waals surface area contributed by atoms with E-state index < -0.39 is 17.3 Å². The summed E-state index contributed by atoms with van der Waals surface area (Å²) in [6, 6.07) is 24.1. The number of nitrogens with zero attached hydrogens (tertiary/aromatic N) is 2. The van der Waals surface area contributed by atoms with Crippen molar-refractivity contribution in [2.24, 2.45) is 0 Å². The van der Waals surface area contributed by atoms with Gasteiger partial charge in [-0.25, -0.2) is 4.21 Å². The van der Waals surface area contributed by atoms with Crippen molar-refractivity contribution in [3.63, 3.8) is 0 Å². The zero-order valence-corrected chi connectivity index (χ0v) is 24.4. The van der Waals surface area contributed by atoms with Gasteiger partial charge in [0.15, 0.2) is 0 Å². The van der Waals surface area contributed by atoms with E-state index in [1.54, 1.807) is 12.1 Å². The molecule has 0 bridgehead atoms. The zero-order valence-electron chi connectivity index (χ0n) is 22.8.